The van der Waals surface area contributed by atoms with E-state index >= 15 is 0 Å². The van der Waals surface area contributed by atoms with Gasteiger partial charge in [0.2, 0.25) is 0 Å². The largest absolute Gasteiger partial charge is 0.467 e. The molecule has 0 radical (unpaired) electrons. The van der Waals surface area contributed by atoms with Crippen LogP contribution in [0.5, 0.6) is 0 Å². The molecule has 0 amide bonds. The van der Waals surface area contributed by atoms with Crippen LogP contribution in [0.2, 0.25) is 0 Å². The third-order valence-electron chi connectivity index (χ3n) is 2.17. The van der Waals surface area contributed by atoms with E-state index < -0.39 is 0 Å². The van der Waals surface area contributed by atoms with Crippen LogP contribution in [0, 0.1) is 0 Å². The molecule has 1 N–H and O–H groups in total. The first-order valence-corrected chi connectivity index (χ1v) is 3.68. The van der Waals surface area contributed by atoms with Crippen molar-refractivity contribution in [3.05, 3.63) is 24.2 Å². The molecule has 0 saturated carbocycles. The van der Waals surface area contributed by atoms with E-state index in [1.54, 1.807) is 6.26 Å². The van der Waals surface area contributed by atoms with Crippen LogP contribution in [0.25, 0.3) is 0 Å². The minimum Gasteiger partial charge on any atom is -0.467 e. The summed E-state index contributed by atoms with van der Waals surface area (Å²) in [5, 5.41) is 3.20. The SMILES string of the molecule is CNC1(c2ccco2)COC1. The lowest BCUT2D eigenvalue weighted by atomic mass is 9.95. The molecule has 0 aliphatic carbocycles. The summed E-state index contributed by atoms with van der Waals surface area (Å²) in [6.07, 6.45) is 1.69. The van der Waals surface area contributed by atoms with Crippen LogP contribution in [-0.2, 0) is 10.3 Å². The molecule has 0 atom stereocenters. The van der Waals surface area contributed by atoms with Gasteiger partial charge in [-0.15, -0.1) is 0 Å². The molecule has 3 heteroatoms. The van der Waals surface area contributed by atoms with Crippen molar-refractivity contribution in [1.82, 2.24) is 5.32 Å². The molecule has 0 aromatic carbocycles. The number of likely N-dealkylation sites (N-methyl/N-ethyl adjacent to an activating group) is 1. The predicted molar refractivity (Wildman–Crippen MR) is 40.3 cm³/mol. The van der Waals surface area contributed by atoms with Gasteiger partial charge in [-0.05, 0) is 19.2 Å². The summed E-state index contributed by atoms with van der Waals surface area (Å²) in [6.45, 7) is 1.41. The van der Waals surface area contributed by atoms with Crippen molar-refractivity contribution in [2.45, 2.75) is 5.54 Å². The Morgan fingerprint density at radius 1 is 1.55 bits per heavy atom. The number of nitrogens with one attached hydrogen (secondary N) is 1. The highest BCUT2D eigenvalue weighted by molar-refractivity contribution is 5.15. The van der Waals surface area contributed by atoms with Gasteiger partial charge in [0.15, 0.2) is 0 Å². The molecule has 3 nitrogen and oxygen atoms in total. The first-order valence-electron chi connectivity index (χ1n) is 3.68. The molecule has 1 aliphatic heterocycles. The third kappa shape index (κ3) is 0.886. The summed E-state index contributed by atoms with van der Waals surface area (Å²) in [4.78, 5) is 0. The van der Waals surface area contributed by atoms with E-state index in [-0.39, 0.29) is 5.54 Å². The van der Waals surface area contributed by atoms with Crippen LogP contribution in [-0.4, -0.2) is 20.3 Å². The van der Waals surface area contributed by atoms with E-state index in [4.69, 9.17) is 9.15 Å². The molecule has 2 rings (SSSR count). The molecule has 1 aromatic rings. The van der Waals surface area contributed by atoms with Gasteiger partial charge in [-0.25, -0.2) is 0 Å². The van der Waals surface area contributed by atoms with Crippen molar-refractivity contribution in [3.8, 4) is 0 Å². The lowest BCUT2D eigenvalue weighted by Crippen LogP contribution is -2.55. The van der Waals surface area contributed by atoms with Crippen LogP contribution in [0.1, 0.15) is 5.76 Å². The standard InChI is InChI=1S/C8H11NO2/c1-9-8(5-10-6-8)7-3-2-4-11-7/h2-4,9H,5-6H2,1H3. The molecule has 11 heavy (non-hydrogen) atoms. The average molecular weight is 153 g/mol. The first-order chi connectivity index (χ1) is 5.37. The second-order valence-corrected chi connectivity index (χ2v) is 2.80. The molecule has 0 unspecified atom stereocenters. The molecule has 60 valence electrons. The highest BCUT2D eigenvalue weighted by atomic mass is 16.5. The van der Waals surface area contributed by atoms with E-state index in [0.29, 0.717) is 13.2 Å². The summed E-state index contributed by atoms with van der Waals surface area (Å²) in [7, 11) is 1.92. The topological polar surface area (TPSA) is 34.4 Å². The molecule has 1 aliphatic rings. The number of ether oxygens (including phenoxy) is 1. The summed E-state index contributed by atoms with van der Waals surface area (Å²) in [6, 6.07) is 3.87. The van der Waals surface area contributed by atoms with Gasteiger partial charge >= 0.3 is 0 Å². The Bertz CT molecular complexity index is 221. The lowest BCUT2D eigenvalue weighted by Gasteiger charge is -2.39. The van der Waals surface area contributed by atoms with E-state index in [9.17, 15) is 0 Å². The van der Waals surface area contributed by atoms with Crippen LogP contribution < -0.4 is 5.32 Å². The fraction of sp³-hybridized carbons (Fsp3) is 0.500. The fourth-order valence-electron chi connectivity index (χ4n) is 1.27. The maximum absolute atomic E-state index is 5.29. The van der Waals surface area contributed by atoms with Gasteiger partial charge in [0.25, 0.3) is 0 Å². The van der Waals surface area contributed by atoms with Gasteiger partial charge in [-0.2, -0.15) is 0 Å². The molecule has 1 aromatic heterocycles. The van der Waals surface area contributed by atoms with Crippen LogP contribution >= 0.6 is 0 Å². The van der Waals surface area contributed by atoms with Gasteiger partial charge in [0.1, 0.15) is 11.3 Å². The molecule has 2 heterocycles. The van der Waals surface area contributed by atoms with Gasteiger partial charge in [0.05, 0.1) is 19.5 Å². The monoisotopic (exact) mass is 153 g/mol. The number of hydrogen-bond donors (Lipinski definition) is 1. The number of rotatable bonds is 2. The normalized spacial score (nSPS) is 21.2. The quantitative estimate of drug-likeness (QED) is 0.680. The highest BCUT2D eigenvalue weighted by Gasteiger charge is 2.41. The number of furan rings is 1. The summed E-state index contributed by atoms with van der Waals surface area (Å²) >= 11 is 0. The van der Waals surface area contributed by atoms with Crippen molar-refractivity contribution in [1.29, 1.82) is 0 Å². The molecule has 0 spiro atoms. The maximum Gasteiger partial charge on any atom is 0.128 e. The fourth-order valence-corrected chi connectivity index (χ4v) is 1.27. The Kier molecular flexibility index (Phi) is 1.47. The minimum atomic E-state index is -0.0521. The van der Waals surface area contributed by atoms with Crippen LogP contribution in [0.15, 0.2) is 22.8 Å². The Balaban J connectivity index is 2.25. The molecular weight excluding hydrogens is 142 g/mol. The van der Waals surface area contributed by atoms with E-state index in [1.807, 2.05) is 19.2 Å². The van der Waals surface area contributed by atoms with E-state index in [0.717, 1.165) is 5.76 Å². The second-order valence-electron chi connectivity index (χ2n) is 2.80. The van der Waals surface area contributed by atoms with Gasteiger partial charge in [0, 0.05) is 0 Å². The predicted octanol–water partition coefficient (Wildman–Crippen LogP) is 0.724. The Labute approximate surface area is 65.3 Å². The first kappa shape index (κ1) is 6.88. The zero-order chi connectivity index (χ0) is 7.73. The second kappa shape index (κ2) is 2.36. The Morgan fingerprint density at radius 2 is 2.36 bits per heavy atom. The number of hydrogen-bond acceptors (Lipinski definition) is 3. The van der Waals surface area contributed by atoms with Gasteiger partial charge in [-0.1, -0.05) is 0 Å². The Morgan fingerprint density at radius 3 is 2.73 bits per heavy atom. The zero-order valence-electron chi connectivity index (χ0n) is 6.46. The minimum absolute atomic E-state index is 0.0521. The van der Waals surface area contributed by atoms with E-state index in [1.165, 1.54) is 0 Å². The van der Waals surface area contributed by atoms with E-state index in [2.05, 4.69) is 5.32 Å². The summed E-state index contributed by atoms with van der Waals surface area (Å²) < 4.78 is 10.4. The molecular formula is C8H11NO2. The van der Waals surface area contributed by atoms with Crippen molar-refractivity contribution < 1.29 is 9.15 Å². The molecule has 1 fully saturated rings. The smallest absolute Gasteiger partial charge is 0.128 e. The van der Waals surface area contributed by atoms with Crippen molar-refractivity contribution in [3.63, 3.8) is 0 Å². The summed E-state index contributed by atoms with van der Waals surface area (Å²) in [5.74, 6) is 0.964. The van der Waals surface area contributed by atoms with Crippen molar-refractivity contribution in [2.24, 2.45) is 0 Å². The van der Waals surface area contributed by atoms with Gasteiger partial charge < -0.3 is 14.5 Å². The highest BCUT2D eigenvalue weighted by Crippen LogP contribution is 2.28. The molecule has 1 saturated heterocycles. The van der Waals surface area contributed by atoms with Crippen molar-refractivity contribution in [2.75, 3.05) is 20.3 Å². The van der Waals surface area contributed by atoms with Crippen molar-refractivity contribution >= 4 is 0 Å². The average Bonchev–Trinajstić information content (AvgIpc) is 2.39. The zero-order valence-corrected chi connectivity index (χ0v) is 6.46. The maximum atomic E-state index is 5.29. The van der Waals surface area contributed by atoms with Gasteiger partial charge in [-0.3, -0.25) is 0 Å². The van der Waals surface area contributed by atoms with Crippen LogP contribution in [0.4, 0.5) is 0 Å². The Hall–Kier alpha value is -0.800. The van der Waals surface area contributed by atoms with Crippen LogP contribution in [0.3, 0.4) is 0 Å². The third-order valence-corrected chi connectivity index (χ3v) is 2.17. The summed E-state index contributed by atoms with van der Waals surface area (Å²) in [5.41, 5.74) is -0.0521. The lowest BCUT2D eigenvalue weighted by molar-refractivity contribution is -0.0847. The molecule has 0 bridgehead atoms.